The van der Waals surface area contributed by atoms with E-state index in [9.17, 15) is 22.8 Å². The van der Waals surface area contributed by atoms with E-state index in [0.29, 0.717) is 18.5 Å². The van der Waals surface area contributed by atoms with Crippen molar-refractivity contribution >= 4 is 6.09 Å². The first-order valence-electron chi connectivity index (χ1n) is 8.47. The molecule has 0 radical (unpaired) electrons. The molecule has 1 aliphatic rings. The highest BCUT2D eigenvalue weighted by molar-refractivity contribution is 5.69. The number of nitrogens with one attached hydrogen (secondary N) is 1. The van der Waals surface area contributed by atoms with Gasteiger partial charge < -0.3 is 9.26 Å². The second kappa shape index (κ2) is 7.13. The Kier molecular flexibility index (Phi) is 5.03. The van der Waals surface area contributed by atoms with Gasteiger partial charge in [0.15, 0.2) is 5.76 Å². The SMILES string of the molecule is COC(=O)N1CCCCC1(Cc1ccc(C(F)(F)F)cc1)c1cc(=O)[nH]o1. The summed E-state index contributed by atoms with van der Waals surface area (Å²) in [5.74, 6) is 0.262. The van der Waals surface area contributed by atoms with Gasteiger partial charge >= 0.3 is 12.3 Å². The van der Waals surface area contributed by atoms with Crippen LogP contribution in [0.25, 0.3) is 0 Å². The second-order valence-electron chi connectivity index (χ2n) is 6.56. The number of nitrogens with zero attached hydrogens (tertiary/aromatic N) is 1. The first-order chi connectivity index (χ1) is 12.8. The largest absolute Gasteiger partial charge is 0.453 e. The number of methoxy groups -OCH3 is 1. The first-order valence-corrected chi connectivity index (χ1v) is 8.47. The number of hydrogen-bond donors (Lipinski definition) is 1. The van der Waals surface area contributed by atoms with Gasteiger partial charge in [-0.05, 0) is 37.0 Å². The monoisotopic (exact) mass is 384 g/mol. The summed E-state index contributed by atoms with van der Waals surface area (Å²) in [5, 5.41) is 2.22. The molecule has 1 unspecified atom stereocenters. The summed E-state index contributed by atoms with van der Waals surface area (Å²) in [4.78, 5) is 25.5. The number of aromatic amines is 1. The van der Waals surface area contributed by atoms with Crippen molar-refractivity contribution in [3.8, 4) is 0 Å². The number of rotatable bonds is 3. The predicted molar refractivity (Wildman–Crippen MR) is 89.1 cm³/mol. The maximum absolute atomic E-state index is 12.8. The van der Waals surface area contributed by atoms with Crippen LogP contribution in [0.4, 0.5) is 18.0 Å². The molecule has 1 amide bonds. The van der Waals surface area contributed by atoms with E-state index < -0.39 is 28.9 Å². The van der Waals surface area contributed by atoms with E-state index in [4.69, 9.17) is 9.26 Å². The maximum Gasteiger partial charge on any atom is 0.416 e. The Balaban J connectivity index is 2.02. The van der Waals surface area contributed by atoms with Gasteiger partial charge in [0.05, 0.1) is 12.7 Å². The average Bonchev–Trinajstić information content (AvgIpc) is 3.08. The topological polar surface area (TPSA) is 75.5 Å². The number of benzene rings is 1. The molecule has 6 nitrogen and oxygen atoms in total. The van der Waals surface area contributed by atoms with Gasteiger partial charge in [0.25, 0.3) is 5.56 Å². The minimum absolute atomic E-state index is 0.195. The van der Waals surface area contributed by atoms with E-state index in [-0.39, 0.29) is 12.2 Å². The molecule has 0 saturated carbocycles. The lowest BCUT2D eigenvalue weighted by atomic mass is 9.79. The summed E-state index contributed by atoms with van der Waals surface area (Å²) < 4.78 is 48.6. The zero-order chi connectivity index (χ0) is 19.7. The van der Waals surface area contributed by atoms with Crippen LogP contribution in [0.3, 0.4) is 0 Å². The third-order valence-electron chi connectivity index (χ3n) is 4.89. The fourth-order valence-corrected chi connectivity index (χ4v) is 3.60. The van der Waals surface area contributed by atoms with Crippen LogP contribution >= 0.6 is 0 Å². The van der Waals surface area contributed by atoms with Gasteiger partial charge in [-0.15, -0.1) is 0 Å². The Morgan fingerprint density at radius 3 is 2.56 bits per heavy atom. The molecule has 1 aromatic carbocycles. The van der Waals surface area contributed by atoms with Gasteiger partial charge in [0.2, 0.25) is 0 Å². The smallest absolute Gasteiger partial charge is 0.416 e. The molecule has 0 aliphatic carbocycles. The van der Waals surface area contributed by atoms with Crippen LogP contribution in [0.15, 0.2) is 39.6 Å². The number of likely N-dealkylation sites (tertiary alicyclic amines) is 1. The number of amides is 1. The van der Waals surface area contributed by atoms with Gasteiger partial charge in [-0.3, -0.25) is 9.69 Å². The van der Waals surface area contributed by atoms with E-state index in [1.807, 2.05) is 0 Å². The van der Waals surface area contributed by atoms with Crippen LogP contribution in [0, 0.1) is 0 Å². The highest BCUT2D eigenvalue weighted by atomic mass is 19.4. The maximum atomic E-state index is 12.8. The Hall–Kier alpha value is -2.71. The number of H-pyrrole nitrogens is 1. The molecule has 146 valence electrons. The number of aromatic nitrogens is 1. The van der Waals surface area contributed by atoms with Gasteiger partial charge in [-0.2, -0.15) is 18.3 Å². The lowest BCUT2D eigenvalue weighted by molar-refractivity contribution is -0.137. The fourth-order valence-electron chi connectivity index (χ4n) is 3.60. The lowest BCUT2D eigenvalue weighted by Gasteiger charge is -2.44. The Bertz CT molecular complexity index is 856. The summed E-state index contributed by atoms with van der Waals surface area (Å²) in [6, 6.07) is 6.02. The van der Waals surface area contributed by atoms with Crippen LogP contribution in [-0.2, 0) is 22.9 Å². The number of carbonyl (C=O) groups is 1. The van der Waals surface area contributed by atoms with Crippen LogP contribution < -0.4 is 5.56 Å². The summed E-state index contributed by atoms with van der Waals surface area (Å²) in [7, 11) is 1.26. The molecule has 27 heavy (non-hydrogen) atoms. The molecule has 9 heteroatoms. The normalized spacial score (nSPS) is 20.5. The van der Waals surface area contributed by atoms with Crippen LogP contribution in [0.2, 0.25) is 0 Å². The molecule has 3 rings (SSSR count). The molecule has 1 aromatic heterocycles. The van der Waals surface area contributed by atoms with E-state index >= 15 is 0 Å². The van der Waals surface area contributed by atoms with E-state index in [1.54, 1.807) is 0 Å². The molecule has 0 spiro atoms. The van der Waals surface area contributed by atoms with Crippen molar-refractivity contribution < 1.29 is 27.2 Å². The highest BCUT2D eigenvalue weighted by Crippen LogP contribution is 2.41. The van der Waals surface area contributed by atoms with Crippen LogP contribution in [-0.4, -0.2) is 29.8 Å². The number of piperidine rings is 1. The molecule has 1 aliphatic heterocycles. The zero-order valence-electron chi connectivity index (χ0n) is 14.6. The highest BCUT2D eigenvalue weighted by Gasteiger charge is 2.46. The van der Waals surface area contributed by atoms with Gasteiger partial charge in [-0.1, -0.05) is 12.1 Å². The van der Waals surface area contributed by atoms with E-state index in [2.05, 4.69) is 5.16 Å². The molecule has 1 N–H and O–H groups in total. The third kappa shape index (κ3) is 3.72. The van der Waals surface area contributed by atoms with Crippen molar-refractivity contribution in [3.05, 3.63) is 57.6 Å². The van der Waals surface area contributed by atoms with Gasteiger partial charge in [0, 0.05) is 19.0 Å². The van der Waals surface area contributed by atoms with Crippen molar-refractivity contribution in [2.24, 2.45) is 0 Å². The summed E-state index contributed by atoms with van der Waals surface area (Å²) in [5.41, 5.74) is -1.62. The predicted octanol–water partition coefficient (Wildman–Crippen LogP) is 3.68. The second-order valence-corrected chi connectivity index (χ2v) is 6.56. The number of ether oxygens (including phenoxy) is 1. The van der Waals surface area contributed by atoms with Gasteiger partial charge in [-0.25, -0.2) is 4.79 Å². The zero-order valence-corrected chi connectivity index (χ0v) is 14.6. The molecule has 1 fully saturated rings. The Morgan fingerprint density at radius 2 is 2.00 bits per heavy atom. The summed E-state index contributed by atoms with van der Waals surface area (Å²) in [6.45, 7) is 0.391. The molecule has 1 atom stereocenters. The minimum atomic E-state index is -4.42. The fraction of sp³-hybridized carbons (Fsp3) is 0.444. The van der Waals surface area contributed by atoms with Crippen molar-refractivity contribution in [1.82, 2.24) is 10.1 Å². The Labute approximate surface area is 152 Å². The Morgan fingerprint density at radius 1 is 1.30 bits per heavy atom. The standard InChI is InChI=1S/C18H19F3N2O4/c1-26-16(25)23-9-3-2-8-17(23,14-10-15(24)22-27-14)11-12-4-6-13(7-5-12)18(19,20)21/h4-7,10H,2-3,8-9,11H2,1H3,(H,22,24). The number of halogens is 3. The molecule has 0 bridgehead atoms. The number of hydrogen-bond acceptors (Lipinski definition) is 4. The molecule has 2 heterocycles. The van der Waals surface area contributed by atoms with Gasteiger partial charge in [0.1, 0.15) is 5.54 Å². The van der Waals surface area contributed by atoms with Crippen molar-refractivity contribution in [1.29, 1.82) is 0 Å². The summed E-state index contributed by atoms with van der Waals surface area (Å²) >= 11 is 0. The summed E-state index contributed by atoms with van der Waals surface area (Å²) in [6.07, 6.45) is -2.80. The number of carbonyl (C=O) groups excluding carboxylic acids is 1. The molecule has 1 saturated heterocycles. The third-order valence-corrected chi connectivity index (χ3v) is 4.89. The molecular formula is C18H19F3N2O4. The first kappa shape index (κ1) is 19.1. The minimum Gasteiger partial charge on any atom is -0.453 e. The number of alkyl halides is 3. The van der Waals surface area contributed by atoms with E-state index in [0.717, 1.165) is 25.0 Å². The lowest BCUT2D eigenvalue weighted by Crippen LogP contribution is -2.53. The van der Waals surface area contributed by atoms with Crippen LogP contribution in [0.5, 0.6) is 0 Å². The average molecular weight is 384 g/mol. The van der Waals surface area contributed by atoms with Crippen molar-refractivity contribution in [3.63, 3.8) is 0 Å². The molecular weight excluding hydrogens is 365 g/mol. The quantitative estimate of drug-likeness (QED) is 0.876. The van der Waals surface area contributed by atoms with Crippen molar-refractivity contribution in [2.45, 2.75) is 37.4 Å². The van der Waals surface area contributed by atoms with Crippen molar-refractivity contribution in [2.75, 3.05) is 13.7 Å². The van der Waals surface area contributed by atoms with Crippen LogP contribution in [0.1, 0.15) is 36.1 Å². The van der Waals surface area contributed by atoms with E-state index in [1.165, 1.54) is 30.2 Å². The molecule has 2 aromatic rings.